The molecule has 3 rings (SSSR count). The normalized spacial score (nSPS) is 29.1. The largest absolute Gasteiger partial charge is 0.384 e. The fourth-order valence-electron chi connectivity index (χ4n) is 3.17. The monoisotopic (exact) mass is 308 g/mol. The van der Waals surface area contributed by atoms with Gasteiger partial charge in [-0.2, -0.15) is 0 Å². The number of halogens is 1. The summed E-state index contributed by atoms with van der Waals surface area (Å²) in [5.41, 5.74) is -0.701. The standard InChI is InChI=1S/C16H21FN2O3/c1-16(21,10-2-4-11(17)5-3-10)9-18-15(20)19-13-8-12-6-7-14(13)22-12/h2-5,12-14,21H,6-9H2,1H3,(H2,18,19,20). The third-order valence-corrected chi connectivity index (χ3v) is 4.48. The van der Waals surface area contributed by atoms with Crippen LogP contribution in [0.1, 0.15) is 31.7 Å². The molecule has 1 aromatic carbocycles. The average molecular weight is 308 g/mol. The topological polar surface area (TPSA) is 70.6 Å². The molecular formula is C16H21FN2O3. The molecule has 0 aliphatic carbocycles. The summed E-state index contributed by atoms with van der Waals surface area (Å²) in [5, 5.41) is 16.0. The first-order valence-electron chi connectivity index (χ1n) is 7.62. The molecule has 0 radical (unpaired) electrons. The first kappa shape index (κ1) is 15.2. The lowest BCUT2D eigenvalue weighted by atomic mass is 9.95. The number of carbonyl (C=O) groups is 1. The van der Waals surface area contributed by atoms with Gasteiger partial charge < -0.3 is 20.5 Å². The highest BCUT2D eigenvalue weighted by atomic mass is 19.1. The Morgan fingerprint density at radius 2 is 2.14 bits per heavy atom. The third kappa shape index (κ3) is 3.23. The van der Waals surface area contributed by atoms with E-state index in [1.165, 1.54) is 24.3 Å². The van der Waals surface area contributed by atoms with Gasteiger partial charge in [-0.15, -0.1) is 0 Å². The van der Waals surface area contributed by atoms with E-state index in [4.69, 9.17) is 4.74 Å². The van der Waals surface area contributed by atoms with Gasteiger partial charge in [0.25, 0.3) is 0 Å². The summed E-state index contributed by atoms with van der Waals surface area (Å²) in [7, 11) is 0. The van der Waals surface area contributed by atoms with Crippen molar-refractivity contribution in [2.75, 3.05) is 6.54 Å². The molecule has 2 aliphatic rings. The minimum Gasteiger partial charge on any atom is -0.384 e. The van der Waals surface area contributed by atoms with Crippen LogP contribution in [0.2, 0.25) is 0 Å². The zero-order valence-electron chi connectivity index (χ0n) is 12.5. The van der Waals surface area contributed by atoms with Gasteiger partial charge in [-0.1, -0.05) is 12.1 Å². The van der Waals surface area contributed by atoms with Crippen LogP contribution in [0.15, 0.2) is 24.3 Å². The molecular weight excluding hydrogens is 287 g/mol. The van der Waals surface area contributed by atoms with E-state index in [1.54, 1.807) is 6.92 Å². The summed E-state index contributed by atoms with van der Waals surface area (Å²) in [5.74, 6) is -0.360. The number of fused-ring (bicyclic) bond motifs is 2. The van der Waals surface area contributed by atoms with Crippen LogP contribution >= 0.6 is 0 Å². The third-order valence-electron chi connectivity index (χ3n) is 4.48. The highest BCUT2D eigenvalue weighted by molar-refractivity contribution is 5.74. The molecule has 2 fully saturated rings. The van der Waals surface area contributed by atoms with Crippen LogP contribution in [0.5, 0.6) is 0 Å². The molecule has 4 unspecified atom stereocenters. The van der Waals surface area contributed by atoms with Crippen LogP contribution in [0.4, 0.5) is 9.18 Å². The fourth-order valence-corrected chi connectivity index (χ4v) is 3.17. The van der Waals surface area contributed by atoms with E-state index in [2.05, 4.69) is 10.6 Å². The van der Waals surface area contributed by atoms with E-state index in [0.29, 0.717) is 5.56 Å². The second-order valence-corrected chi connectivity index (χ2v) is 6.32. The zero-order valence-corrected chi connectivity index (χ0v) is 12.5. The SMILES string of the molecule is CC(O)(CNC(=O)NC1CC2CCC1O2)c1ccc(F)cc1. The Bertz CT molecular complexity index is 547. The number of hydrogen-bond acceptors (Lipinski definition) is 3. The van der Waals surface area contributed by atoms with Crippen LogP contribution < -0.4 is 10.6 Å². The Morgan fingerprint density at radius 3 is 2.73 bits per heavy atom. The number of amides is 2. The lowest BCUT2D eigenvalue weighted by molar-refractivity contribution is 0.0589. The first-order valence-corrected chi connectivity index (χ1v) is 7.62. The van der Waals surface area contributed by atoms with Crippen molar-refractivity contribution in [2.45, 2.75) is 50.0 Å². The molecule has 1 aromatic rings. The molecule has 2 saturated heterocycles. The number of ether oxygens (including phenoxy) is 1. The molecule has 2 bridgehead atoms. The summed E-state index contributed by atoms with van der Waals surface area (Å²) < 4.78 is 18.6. The number of urea groups is 1. The van der Waals surface area contributed by atoms with Crippen molar-refractivity contribution in [3.8, 4) is 0 Å². The van der Waals surface area contributed by atoms with Crippen LogP contribution in [-0.4, -0.2) is 35.9 Å². The summed E-state index contributed by atoms with van der Waals surface area (Å²) in [6, 6.07) is 5.34. The van der Waals surface area contributed by atoms with Crippen molar-refractivity contribution in [1.29, 1.82) is 0 Å². The number of hydrogen-bond donors (Lipinski definition) is 3. The molecule has 120 valence electrons. The van der Waals surface area contributed by atoms with Crippen molar-refractivity contribution in [3.05, 3.63) is 35.6 Å². The van der Waals surface area contributed by atoms with E-state index < -0.39 is 5.60 Å². The Kier molecular flexibility index (Phi) is 4.06. The Hall–Kier alpha value is -1.66. The van der Waals surface area contributed by atoms with E-state index in [-0.39, 0.29) is 36.6 Å². The van der Waals surface area contributed by atoms with Gasteiger partial charge >= 0.3 is 6.03 Å². The van der Waals surface area contributed by atoms with Gasteiger partial charge in [-0.05, 0) is 43.9 Å². The van der Waals surface area contributed by atoms with Crippen LogP contribution in [-0.2, 0) is 10.3 Å². The maximum absolute atomic E-state index is 12.9. The summed E-state index contributed by atoms with van der Waals surface area (Å²) in [4.78, 5) is 12.0. The predicted molar refractivity (Wildman–Crippen MR) is 78.8 cm³/mol. The number of carbonyl (C=O) groups excluding carboxylic acids is 1. The average Bonchev–Trinajstić information content (AvgIpc) is 3.08. The van der Waals surface area contributed by atoms with Gasteiger partial charge in [0.15, 0.2) is 0 Å². The smallest absolute Gasteiger partial charge is 0.315 e. The highest BCUT2D eigenvalue weighted by Crippen LogP contribution is 2.34. The van der Waals surface area contributed by atoms with Crippen molar-refractivity contribution in [3.63, 3.8) is 0 Å². The van der Waals surface area contributed by atoms with E-state index in [9.17, 15) is 14.3 Å². The van der Waals surface area contributed by atoms with Crippen LogP contribution in [0, 0.1) is 5.82 Å². The van der Waals surface area contributed by atoms with Crippen LogP contribution in [0.3, 0.4) is 0 Å². The number of nitrogens with one attached hydrogen (secondary N) is 2. The molecule has 0 saturated carbocycles. The Balaban J connectivity index is 1.50. The van der Waals surface area contributed by atoms with E-state index in [1.807, 2.05) is 0 Å². The molecule has 2 amide bonds. The van der Waals surface area contributed by atoms with Gasteiger partial charge in [-0.3, -0.25) is 0 Å². The minimum atomic E-state index is -1.25. The zero-order chi connectivity index (χ0) is 15.7. The lowest BCUT2D eigenvalue weighted by Gasteiger charge is -2.26. The van der Waals surface area contributed by atoms with Gasteiger partial charge in [0.1, 0.15) is 11.4 Å². The van der Waals surface area contributed by atoms with Crippen LogP contribution in [0.25, 0.3) is 0 Å². The Morgan fingerprint density at radius 1 is 1.41 bits per heavy atom. The fraction of sp³-hybridized carbons (Fsp3) is 0.562. The van der Waals surface area contributed by atoms with Crippen molar-refractivity contribution >= 4 is 6.03 Å². The first-order chi connectivity index (χ1) is 10.4. The predicted octanol–water partition coefficient (Wildman–Crippen LogP) is 1.65. The lowest BCUT2D eigenvalue weighted by Crippen LogP contribution is -2.49. The second-order valence-electron chi connectivity index (χ2n) is 6.32. The number of rotatable bonds is 4. The Labute approximate surface area is 128 Å². The van der Waals surface area contributed by atoms with Gasteiger partial charge in [0.2, 0.25) is 0 Å². The maximum atomic E-state index is 12.9. The summed E-state index contributed by atoms with van der Waals surface area (Å²) >= 11 is 0. The van der Waals surface area contributed by atoms with Crippen molar-refractivity contribution in [1.82, 2.24) is 10.6 Å². The van der Waals surface area contributed by atoms with Crippen molar-refractivity contribution < 1.29 is 19.0 Å². The maximum Gasteiger partial charge on any atom is 0.315 e. The summed E-state index contributed by atoms with van der Waals surface area (Å²) in [6.45, 7) is 1.63. The van der Waals surface area contributed by atoms with Gasteiger partial charge in [0, 0.05) is 0 Å². The quantitative estimate of drug-likeness (QED) is 0.792. The molecule has 22 heavy (non-hydrogen) atoms. The van der Waals surface area contributed by atoms with Crippen molar-refractivity contribution in [2.24, 2.45) is 0 Å². The van der Waals surface area contributed by atoms with Gasteiger partial charge in [-0.25, -0.2) is 9.18 Å². The molecule has 6 heteroatoms. The molecule has 4 atom stereocenters. The minimum absolute atomic E-state index is 0.0478. The van der Waals surface area contributed by atoms with E-state index in [0.717, 1.165) is 19.3 Å². The number of aliphatic hydroxyl groups is 1. The molecule has 2 heterocycles. The van der Waals surface area contributed by atoms with E-state index >= 15 is 0 Å². The molecule has 0 spiro atoms. The van der Waals surface area contributed by atoms with Gasteiger partial charge in [0.05, 0.1) is 24.8 Å². The highest BCUT2D eigenvalue weighted by Gasteiger charge is 2.41. The number of benzene rings is 1. The molecule has 3 N–H and O–H groups in total. The molecule has 5 nitrogen and oxygen atoms in total. The second kappa shape index (κ2) is 5.85. The summed E-state index contributed by atoms with van der Waals surface area (Å²) in [6.07, 6.45) is 3.31. The molecule has 0 aromatic heterocycles. The molecule has 2 aliphatic heterocycles.